The minimum atomic E-state index is -0.00514. The van der Waals surface area contributed by atoms with Crippen molar-refractivity contribution in [3.8, 4) is 0 Å². The van der Waals surface area contributed by atoms with Crippen LogP contribution in [0.4, 0.5) is 0 Å². The second kappa shape index (κ2) is 4.40. The van der Waals surface area contributed by atoms with Crippen LogP contribution in [0.1, 0.15) is 36.0 Å². The molecule has 1 aromatic heterocycles. The molecular formula is C13H16N4O. The smallest absolute Gasteiger partial charge is 0.251 e. The Morgan fingerprint density at radius 1 is 1.39 bits per heavy atom. The average Bonchev–Trinajstić information content (AvgIpc) is 2.99. The van der Waals surface area contributed by atoms with Gasteiger partial charge in [0.2, 0.25) is 0 Å². The van der Waals surface area contributed by atoms with Gasteiger partial charge < -0.3 is 5.32 Å². The summed E-state index contributed by atoms with van der Waals surface area (Å²) in [5.74, 6) is -0.00514. The minimum absolute atomic E-state index is 0.00514. The maximum absolute atomic E-state index is 12.1. The number of benzene rings is 1. The van der Waals surface area contributed by atoms with Gasteiger partial charge in [-0.3, -0.25) is 4.79 Å². The van der Waals surface area contributed by atoms with Crippen molar-refractivity contribution in [3.05, 3.63) is 23.8 Å². The first-order chi connectivity index (χ1) is 8.74. The summed E-state index contributed by atoms with van der Waals surface area (Å²) >= 11 is 0. The van der Waals surface area contributed by atoms with E-state index < -0.39 is 0 Å². The van der Waals surface area contributed by atoms with Crippen LogP contribution >= 0.6 is 0 Å². The SMILES string of the molecule is Cn1nnc2cc(C(=O)NC3CCCC3)ccc21. The summed E-state index contributed by atoms with van der Waals surface area (Å²) in [6.07, 6.45) is 4.63. The van der Waals surface area contributed by atoms with Crippen molar-refractivity contribution in [2.45, 2.75) is 31.7 Å². The Bertz CT molecular complexity index is 584. The number of rotatable bonds is 2. The first-order valence-electron chi connectivity index (χ1n) is 6.34. The maximum Gasteiger partial charge on any atom is 0.251 e. The number of carbonyl (C=O) groups excluding carboxylic acids is 1. The Morgan fingerprint density at radius 3 is 2.94 bits per heavy atom. The van der Waals surface area contributed by atoms with Crippen LogP contribution in [-0.2, 0) is 7.05 Å². The van der Waals surface area contributed by atoms with Crippen molar-refractivity contribution in [2.24, 2.45) is 7.05 Å². The zero-order valence-corrected chi connectivity index (χ0v) is 10.4. The van der Waals surface area contributed by atoms with Crippen molar-refractivity contribution in [1.29, 1.82) is 0 Å². The van der Waals surface area contributed by atoms with E-state index in [1.807, 2.05) is 19.2 Å². The third-order valence-corrected chi connectivity index (χ3v) is 3.56. The molecule has 0 bridgehead atoms. The Morgan fingerprint density at radius 2 is 2.17 bits per heavy atom. The highest BCUT2D eigenvalue weighted by Gasteiger charge is 2.18. The monoisotopic (exact) mass is 244 g/mol. The molecule has 5 heteroatoms. The van der Waals surface area contributed by atoms with Crippen molar-refractivity contribution in [2.75, 3.05) is 0 Å². The van der Waals surface area contributed by atoms with Gasteiger partial charge >= 0.3 is 0 Å². The first-order valence-corrected chi connectivity index (χ1v) is 6.34. The predicted molar refractivity (Wildman–Crippen MR) is 68.2 cm³/mol. The number of hydrogen-bond donors (Lipinski definition) is 1. The molecule has 94 valence electrons. The van der Waals surface area contributed by atoms with Crippen molar-refractivity contribution in [3.63, 3.8) is 0 Å². The Labute approximate surface area is 105 Å². The van der Waals surface area contributed by atoms with Gasteiger partial charge in [-0.25, -0.2) is 4.68 Å². The summed E-state index contributed by atoms with van der Waals surface area (Å²) in [6, 6.07) is 5.86. The molecule has 1 aromatic carbocycles. The molecule has 1 aliphatic rings. The summed E-state index contributed by atoms with van der Waals surface area (Å²) in [5, 5.41) is 11.0. The number of hydrogen-bond acceptors (Lipinski definition) is 3. The molecule has 1 amide bonds. The van der Waals surface area contributed by atoms with Gasteiger partial charge in [0.25, 0.3) is 5.91 Å². The quantitative estimate of drug-likeness (QED) is 0.873. The normalized spacial score (nSPS) is 16.3. The van der Waals surface area contributed by atoms with E-state index in [0.717, 1.165) is 23.9 Å². The fraction of sp³-hybridized carbons (Fsp3) is 0.462. The van der Waals surface area contributed by atoms with Crippen molar-refractivity contribution in [1.82, 2.24) is 20.3 Å². The van der Waals surface area contributed by atoms with Gasteiger partial charge in [0.05, 0.1) is 5.52 Å². The van der Waals surface area contributed by atoms with Crippen LogP contribution in [0.25, 0.3) is 11.0 Å². The lowest BCUT2D eigenvalue weighted by Crippen LogP contribution is -2.32. The molecule has 1 heterocycles. The number of aryl methyl sites for hydroxylation is 1. The van der Waals surface area contributed by atoms with E-state index in [1.165, 1.54) is 12.8 Å². The molecule has 2 aromatic rings. The molecular weight excluding hydrogens is 228 g/mol. The third kappa shape index (κ3) is 1.96. The van der Waals surface area contributed by atoms with Crippen LogP contribution in [0.3, 0.4) is 0 Å². The zero-order valence-electron chi connectivity index (χ0n) is 10.4. The molecule has 18 heavy (non-hydrogen) atoms. The number of amides is 1. The fourth-order valence-corrected chi connectivity index (χ4v) is 2.52. The molecule has 0 atom stereocenters. The molecule has 0 unspecified atom stereocenters. The first kappa shape index (κ1) is 11.2. The van der Waals surface area contributed by atoms with Gasteiger partial charge in [0, 0.05) is 18.7 Å². The minimum Gasteiger partial charge on any atom is -0.349 e. The number of aromatic nitrogens is 3. The van der Waals surface area contributed by atoms with Crippen LogP contribution in [0, 0.1) is 0 Å². The van der Waals surface area contributed by atoms with E-state index in [-0.39, 0.29) is 5.91 Å². The second-order valence-corrected chi connectivity index (χ2v) is 4.87. The molecule has 1 saturated carbocycles. The fourth-order valence-electron chi connectivity index (χ4n) is 2.52. The van der Waals surface area contributed by atoms with Gasteiger partial charge in [0.1, 0.15) is 5.52 Å². The molecule has 0 spiro atoms. The predicted octanol–water partition coefficient (Wildman–Crippen LogP) is 1.64. The molecule has 1 aliphatic carbocycles. The summed E-state index contributed by atoms with van der Waals surface area (Å²) in [7, 11) is 1.84. The zero-order chi connectivity index (χ0) is 12.5. The van der Waals surface area contributed by atoms with E-state index in [2.05, 4.69) is 15.6 Å². The van der Waals surface area contributed by atoms with E-state index in [9.17, 15) is 4.79 Å². The Balaban J connectivity index is 1.82. The lowest BCUT2D eigenvalue weighted by Gasteiger charge is -2.11. The highest BCUT2D eigenvalue weighted by Crippen LogP contribution is 2.19. The largest absolute Gasteiger partial charge is 0.349 e. The molecule has 1 N–H and O–H groups in total. The summed E-state index contributed by atoms with van der Waals surface area (Å²) in [4.78, 5) is 12.1. The molecule has 3 rings (SSSR count). The lowest BCUT2D eigenvalue weighted by atomic mass is 10.1. The highest BCUT2D eigenvalue weighted by molar-refractivity contribution is 5.97. The lowest BCUT2D eigenvalue weighted by molar-refractivity contribution is 0.0938. The topological polar surface area (TPSA) is 59.8 Å². The molecule has 0 aliphatic heterocycles. The number of nitrogens with zero attached hydrogens (tertiary/aromatic N) is 3. The van der Waals surface area contributed by atoms with E-state index in [4.69, 9.17) is 0 Å². The Kier molecular flexibility index (Phi) is 2.74. The standard InChI is InChI=1S/C13H16N4O/c1-17-12-7-6-9(8-11(12)15-16-17)13(18)14-10-4-2-3-5-10/h6-8,10H,2-5H2,1H3,(H,14,18). The van der Waals surface area contributed by atoms with Gasteiger partial charge in [0.15, 0.2) is 0 Å². The van der Waals surface area contributed by atoms with Crippen LogP contribution in [0.2, 0.25) is 0 Å². The van der Waals surface area contributed by atoms with Gasteiger partial charge in [-0.1, -0.05) is 18.1 Å². The summed E-state index contributed by atoms with van der Waals surface area (Å²) < 4.78 is 1.70. The van der Waals surface area contributed by atoms with Crippen LogP contribution in [0.15, 0.2) is 18.2 Å². The van der Waals surface area contributed by atoms with Crippen LogP contribution < -0.4 is 5.32 Å². The van der Waals surface area contributed by atoms with E-state index in [0.29, 0.717) is 11.6 Å². The third-order valence-electron chi connectivity index (χ3n) is 3.56. The van der Waals surface area contributed by atoms with Crippen LogP contribution in [-0.4, -0.2) is 26.9 Å². The highest BCUT2D eigenvalue weighted by atomic mass is 16.1. The van der Waals surface area contributed by atoms with Gasteiger partial charge in [-0.05, 0) is 31.0 Å². The summed E-state index contributed by atoms with van der Waals surface area (Å²) in [5.41, 5.74) is 2.36. The maximum atomic E-state index is 12.1. The van der Waals surface area contributed by atoms with E-state index >= 15 is 0 Å². The number of carbonyl (C=O) groups is 1. The molecule has 0 radical (unpaired) electrons. The second-order valence-electron chi connectivity index (χ2n) is 4.87. The average molecular weight is 244 g/mol. The van der Waals surface area contributed by atoms with Crippen molar-refractivity contribution < 1.29 is 4.79 Å². The number of fused-ring (bicyclic) bond motifs is 1. The molecule has 0 saturated heterocycles. The molecule has 5 nitrogen and oxygen atoms in total. The van der Waals surface area contributed by atoms with Crippen LogP contribution in [0.5, 0.6) is 0 Å². The van der Waals surface area contributed by atoms with Crippen molar-refractivity contribution >= 4 is 16.9 Å². The van der Waals surface area contributed by atoms with Gasteiger partial charge in [-0.15, -0.1) is 5.10 Å². The summed E-state index contributed by atoms with van der Waals surface area (Å²) in [6.45, 7) is 0. The Hall–Kier alpha value is -1.91. The van der Waals surface area contributed by atoms with E-state index in [1.54, 1.807) is 10.7 Å². The molecule has 1 fully saturated rings. The number of nitrogens with one attached hydrogen (secondary N) is 1. The van der Waals surface area contributed by atoms with Gasteiger partial charge in [-0.2, -0.15) is 0 Å².